The minimum atomic E-state index is -1.36. The number of nitrogens with two attached hydrogens (primary N) is 1. The van der Waals surface area contributed by atoms with Crippen LogP contribution < -0.4 is 11.1 Å². The third-order valence-corrected chi connectivity index (χ3v) is 6.67. The van der Waals surface area contributed by atoms with Crippen LogP contribution in [0.4, 0.5) is 4.79 Å². The fourth-order valence-electron chi connectivity index (χ4n) is 4.75. The van der Waals surface area contributed by atoms with Crippen LogP contribution >= 0.6 is 0 Å². The lowest BCUT2D eigenvalue weighted by atomic mass is 9.89. The second kappa shape index (κ2) is 13.6. The lowest BCUT2D eigenvalue weighted by Crippen LogP contribution is -2.54. The monoisotopic (exact) mass is 536 g/mol. The van der Waals surface area contributed by atoms with Gasteiger partial charge in [0, 0.05) is 5.92 Å². The SMILES string of the molecule is C=C(OC)C(=O)OC(C(=O)C1Cc2ccccc2C1)[C@H](Cc1ccccc1)NC(=O)[C@H](CC(C)C)OC(N)=O. The number of esters is 1. The van der Waals surface area contributed by atoms with Gasteiger partial charge >= 0.3 is 12.1 Å². The molecule has 39 heavy (non-hydrogen) atoms. The van der Waals surface area contributed by atoms with Crippen LogP contribution in [0.1, 0.15) is 37.0 Å². The van der Waals surface area contributed by atoms with Crippen LogP contribution in [0, 0.1) is 11.8 Å². The lowest BCUT2D eigenvalue weighted by Gasteiger charge is -2.30. The number of carbonyl (C=O) groups excluding carboxylic acids is 4. The van der Waals surface area contributed by atoms with E-state index in [1.807, 2.05) is 68.4 Å². The first kappa shape index (κ1) is 29.4. The molecule has 9 nitrogen and oxygen atoms in total. The summed E-state index contributed by atoms with van der Waals surface area (Å²) < 4.78 is 15.7. The predicted octanol–water partition coefficient (Wildman–Crippen LogP) is 3.28. The van der Waals surface area contributed by atoms with Crippen molar-refractivity contribution in [1.29, 1.82) is 0 Å². The number of rotatable bonds is 13. The maximum absolute atomic E-state index is 14.0. The van der Waals surface area contributed by atoms with Crippen molar-refractivity contribution in [2.24, 2.45) is 17.6 Å². The summed E-state index contributed by atoms with van der Waals surface area (Å²) in [6.45, 7) is 7.29. The highest BCUT2D eigenvalue weighted by molar-refractivity contribution is 5.93. The number of methoxy groups -OCH3 is 1. The number of Topliss-reactive ketones (excluding diaryl/α,β-unsaturated/α-hetero) is 1. The van der Waals surface area contributed by atoms with Gasteiger partial charge in [-0.3, -0.25) is 9.59 Å². The van der Waals surface area contributed by atoms with Crippen molar-refractivity contribution in [3.63, 3.8) is 0 Å². The molecule has 1 unspecified atom stereocenters. The fourth-order valence-corrected chi connectivity index (χ4v) is 4.75. The van der Waals surface area contributed by atoms with Gasteiger partial charge in [0.2, 0.25) is 0 Å². The van der Waals surface area contributed by atoms with E-state index in [0.717, 1.165) is 16.7 Å². The summed E-state index contributed by atoms with van der Waals surface area (Å²) in [4.78, 5) is 51.7. The first-order valence-electron chi connectivity index (χ1n) is 12.9. The number of carbonyl (C=O) groups is 4. The van der Waals surface area contributed by atoms with Crippen LogP contribution in [-0.4, -0.2) is 49.1 Å². The van der Waals surface area contributed by atoms with Crippen molar-refractivity contribution in [3.8, 4) is 0 Å². The molecular weight excluding hydrogens is 500 g/mol. The molecule has 2 amide bonds. The van der Waals surface area contributed by atoms with E-state index in [1.165, 1.54) is 7.11 Å². The number of fused-ring (bicyclic) bond motifs is 1. The number of primary amides is 1. The van der Waals surface area contributed by atoms with E-state index in [-0.39, 0.29) is 30.3 Å². The van der Waals surface area contributed by atoms with Gasteiger partial charge in [-0.25, -0.2) is 9.59 Å². The van der Waals surface area contributed by atoms with E-state index in [0.29, 0.717) is 12.8 Å². The van der Waals surface area contributed by atoms with E-state index >= 15 is 0 Å². The highest BCUT2D eigenvalue weighted by Crippen LogP contribution is 2.29. The topological polar surface area (TPSA) is 134 Å². The molecule has 3 rings (SSSR count). The Kier molecular flexibility index (Phi) is 10.3. The molecule has 3 N–H and O–H groups in total. The minimum absolute atomic E-state index is 0.00458. The van der Waals surface area contributed by atoms with Crippen LogP contribution in [0.2, 0.25) is 0 Å². The molecule has 0 aromatic heterocycles. The van der Waals surface area contributed by atoms with E-state index in [1.54, 1.807) is 0 Å². The molecule has 0 saturated heterocycles. The molecular formula is C30H36N2O7. The van der Waals surface area contributed by atoms with Crippen molar-refractivity contribution < 1.29 is 33.4 Å². The first-order chi connectivity index (χ1) is 18.6. The number of nitrogens with one attached hydrogen (secondary N) is 1. The van der Waals surface area contributed by atoms with E-state index in [2.05, 4.69) is 11.9 Å². The van der Waals surface area contributed by atoms with Crippen molar-refractivity contribution >= 4 is 23.8 Å². The van der Waals surface area contributed by atoms with Crippen molar-refractivity contribution in [1.82, 2.24) is 5.32 Å². The lowest BCUT2D eigenvalue weighted by molar-refractivity contribution is -0.158. The maximum atomic E-state index is 14.0. The maximum Gasteiger partial charge on any atom is 0.405 e. The number of hydrogen-bond acceptors (Lipinski definition) is 7. The molecule has 208 valence electrons. The summed E-state index contributed by atoms with van der Waals surface area (Å²) in [7, 11) is 1.27. The summed E-state index contributed by atoms with van der Waals surface area (Å²) in [5.41, 5.74) is 8.13. The van der Waals surface area contributed by atoms with Gasteiger partial charge < -0.3 is 25.3 Å². The Labute approximate surface area is 228 Å². The van der Waals surface area contributed by atoms with E-state index < -0.39 is 42.1 Å². The zero-order valence-corrected chi connectivity index (χ0v) is 22.6. The Hall–Kier alpha value is -4.14. The molecule has 0 fully saturated rings. The summed E-state index contributed by atoms with van der Waals surface area (Å²) in [6, 6.07) is 16.0. The Bertz CT molecular complexity index is 1170. The first-order valence-corrected chi connectivity index (χ1v) is 12.9. The largest absolute Gasteiger partial charge is 0.490 e. The van der Waals surface area contributed by atoms with Gasteiger partial charge in [-0.1, -0.05) is 68.4 Å². The fraction of sp³-hybridized carbons (Fsp3) is 0.400. The summed E-state index contributed by atoms with van der Waals surface area (Å²) >= 11 is 0. The van der Waals surface area contributed by atoms with Crippen LogP contribution in [-0.2, 0) is 47.9 Å². The normalized spacial score (nSPS) is 15.0. The number of hydrogen-bond donors (Lipinski definition) is 2. The minimum Gasteiger partial charge on any atom is -0.490 e. The van der Waals surface area contributed by atoms with E-state index in [9.17, 15) is 19.2 Å². The highest BCUT2D eigenvalue weighted by Gasteiger charge is 2.41. The molecule has 0 heterocycles. The third-order valence-electron chi connectivity index (χ3n) is 6.67. The van der Waals surface area contributed by atoms with E-state index in [4.69, 9.17) is 19.9 Å². The van der Waals surface area contributed by atoms with Crippen LogP contribution in [0.15, 0.2) is 66.9 Å². The molecule has 0 saturated carbocycles. The Balaban J connectivity index is 1.96. The second-order valence-corrected chi connectivity index (χ2v) is 10.1. The average molecular weight is 537 g/mol. The Morgan fingerprint density at radius 2 is 1.56 bits per heavy atom. The smallest absolute Gasteiger partial charge is 0.405 e. The van der Waals surface area contributed by atoms with Crippen LogP contribution in [0.3, 0.4) is 0 Å². The quantitative estimate of drug-likeness (QED) is 0.228. The number of ether oxygens (including phenoxy) is 3. The van der Waals surface area contributed by atoms with Crippen molar-refractivity contribution in [2.45, 2.75) is 57.8 Å². The molecule has 0 aliphatic heterocycles. The zero-order valence-electron chi connectivity index (χ0n) is 22.6. The third kappa shape index (κ3) is 8.17. The van der Waals surface area contributed by atoms with Gasteiger partial charge in [0.25, 0.3) is 5.91 Å². The molecule has 0 spiro atoms. The van der Waals surface area contributed by atoms with Crippen molar-refractivity contribution in [3.05, 3.63) is 83.6 Å². The summed E-state index contributed by atoms with van der Waals surface area (Å²) in [5, 5.41) is 2.82. The molecule has 2 aromatic carbocycles. The molecule has 1 aliphatic carbocycles. The molecule has 0 bridgehead atoms. The predicted molar refractivity (Wildman–Crippen MR) is 144 cm³/mol. The van der Waals surface area contributed by atoms with Crippen LogP contribution in [0.25, 0.3) is 0 Å². The number of benzene rings is 2. The standard InChI is InChI=1S/C30H36N2O7/c1-18(2)14-25(38-30(31)36)28(34)32-24(15-20-10-6-5-7-11-20)27(39-29(35)19(3)37-4)26(33)23-16-21-12-8-9-13-22(21)17-23/h5-13,18,23-25,27H,3,14-17H2,1-2,4H3,(H2,31,36)(H,32,34)/t24-,25-,27?/m0/s1. The Morgan fingerprint density at radius 3 is 2.10 bits per heavy atom. The summed E-state index contributed by atoms with van der Waals surface area (Å²) in [6.07, 6.45) is -2.28. The van der Waals surface area contributed by atoms with Crippen molar-refractivity contribution in [2.75, 3.05) is 7.11 Å². The molecule has 2 aromatic rings. The molecule has 0 radical (unpaired) electrons. The molecule has 9 heteroatoms. The Morgan fingerprint density at radius 1 is 0.974 bits per heavy atom. The number of amides is 2. The molecule has 3 atom stereocenters. The number of ketones is 1. The van der Waals surface area contributed by atoms with Gasteiger partial charge in [-0.2, -0.15) is 0 Å². The van der Waals surface area contributed by atoms with Gasteiger partial charge in [0.1, 0.15) is 0 Å². The highest BCUT2D eigenvalue weighted by atomic mass is 16.6. The average Bonchev–Trinajstić information content (AvgIpc) is 3.34. The zero-order chi connectivity index (χ0) is 28.5. The van der Waals surface area contributed by atoms with Gasteiger partial charge in [-0.05, 0) is 54.9 Å². The second-order valence-electron chi connectivity index (χ2n) is 10.1. The van der Waals surface area contributed by atoms with Gasteiger partial charge in [0.05, 0.1) is 13.2 Å². The van der Waals surface area contributed by atoms with Gasteiger partial charge in [-0.15, -0.1) is 0 Å². The summed E-state index contributed by atoms with van der Waals surface area (Å²) in [5.74, 6) is -2.62. The van der Waals surface area contributed by atoms with Gasteiger partial charge in [0.15, 0.2) is 23.8 Å². The van der Waals surface area contributed by atoms with Crippen LogP contribution in [0.5, 0.6) is 0 Å². The molecule has 1 aliphatic rings.